The fourth-order valence-electron chi connectivity index (χ4n) is 2.61. The van der Waals surface area contributed by atoms with E-state index in [-0.39, 0.29) is 22.7 Å². The Morgan fingerprint density at radius 1 is 0.559 bits per heavy atom. The smallest absolute Gasteiger partial charge is 0.347 e. The lowest BCUT2D eigenvalue weighted by Crippen LogP contribution is -2.10. The van der Waals surface area contributed by atoms with Crippen molar-refractivity contribution in [1.29, 1.82) is 0 Å². The van der Waals surface area contributed by atoms with Gasteiger partial charge >= 0.3 is 11.3 Å². The normalized spacial score (nSPS) is 9.06. The monoisotopic (exact) mass is 466 g/mol. The quantitative estimate of drug-likeness (QED) is 0.232. The van der Waals surface area contributed by atoms with Crippen LogP contribution in [0.1, 0.15) is 76.1 Å². The molecule has 0 aliphatic heterocycles. The fourth-order valence-corrected chi connectivity index (χ4v) is 2.61. The first-order chi connectivity index (χ1) is 16.4. The summed E-state index contributed by atoms with van der Waals surface area (Å²) in [6, 6.07) is 17.3. The van der Waals surface area contributed by atoms with Crippen molar-refractivity contribution >= 4 is 33.5 Å². The van der Waals surface area contributed by atoms with Gasteiger partial charge in [-0.15, -0.1) is 0 Å². The second-order valence-corrected chi connectivity index (χ2v) is 6.08. The summed E-state index contributed by atoms with van der Waals surface area (Å²) in [5.41, 5.74) is 0.0600. The molecule has 0 unspecified atom stereocenters. The number of carbonyl (C=O) groups is 2. The third kappa shape index (κ3) is 8.28. The number of carbonyl (C=O) groups excluding carboxylic acids is 2. The van der Waals surface area contributed by atoms with Crippen LogP contribution in [-0.4, -0.2) is 11.6 Å². The first kappa shape index (κ1) is 30.2. The van der Waals surface area contributed by atoms with Gasteiger partial charge in [-0.3, -0.25) is 9.59 Å². The van der Waals surface area contributed by atoms with Crippen LogP contribution in [0.4, 0.5) is 0 Å². The Balaban J connectivity index is 0.000000526. The highest BCUT2D eigenvalue weighted by Gasteiger charge is 2.09. The Kier molecular flexibility index (Phi) is 14.1. The van der Waals surface area contributed by atoms with Crippen molar-refractivity contribution in [3.63, 3.8) is 0 Å². The molecule has 0 amide bonds. The molecule has 6 nitrogen and oxygen atoms in total. The van der Waals surface area contributed by atoms with E-state index >= 15 is 0 Å². The second-order valence-electron chi connectivity index (χ2n) is 6.08. The third-order valence-electron chi connectivity index (χ3n) is 4.04. The number of para-hydroxylation sites is 2. The largest absolute Gasteiger partial charge is 0.422 e. The lowest BCUT2D eigenvalue weighted by atomic mass is 10.1. The zero-order valence-corrected chi connectivity index (χ0v) is 21.2. The predicted octanol–water partition coefficient (Wildman–Crippen LogP) is 7.07. The van der Waals surface area contributed by atoms with Crippen LogP contribution in [0, 0.1) is 0 Å². The minimum absolute atomic E-state index is 0.101. The number of rotatable bonds is 2. The van der Waals surface area contributed by atoms with Gasteiger partial charge in [-0.05, 0) is 38.1 Å². The molecule has 0 saturated carbocycles. The van der Waals surface area contributed by atoms with E-state index in [1.54, 1.807) is 48.5 Å². The second kappa shape index (κ2) is 15.9. The minimum atomic E-state index is -0.573. The fraction of sp³-hybridized carbons (Fsp3) is 0.286. The summed E-state index contributed by atoms with van der Waals surface area (Å²) < 4.78 is 9.96. The maximum Gasteiger partial charge on any atom is 0.347 e. The Hall–Kier alpha value is -3.80. The van der Waals surface area contributed by atoms with Crippen LogP contribution in [0.5, 0.6) is 0 Å². The molecule has 34 heavy (non-hydrogen) atoms. The number of ketones is 2. The van der Waals surface area contributed by atoms with Crippen molar-refractivity contribution in [2.75, 3.05) is 0 Å². The number of fused-ring (bicyclic) bond motifs is 2. The van der Waals surface area contributed by atoms with Gasteiger partial charge in [0.1, 0.15) is 22.3 Å². The molecule has 0 aliphatic carbocycles. The molecule has 0 fully saturated rings. The number of hydrogen-bond donors (Lipinski definition) is 0. The molecule has 2 aromatic heterocycles. The minimum Gasteiger partial charge on any atom is -0.422 e. The van der Waals surface area contributed by atoms with E-state index in [9.17, 15) is 19.2 Å². The SMILES string of the molecule is CC.CC.CC.CC(=O)c1cc2ccccc2oc1=O.CC(=O)c1cc2ccccc2oc1=O. The average Bonchev–Trinajstić information content (AvgIpc) is 2.87. The van der Waals surface area contributed by atoms with Gasteiger partial charge < -0.3 is 8.83 Å². The average molecular weight is 467 g/mol. The summed E-state index contributed by atoms with van der Waals surface area (Å²) in [6.45, 7) is 14.7. The molecule has 4 rings (SSSR count). The van der Waals surface area contributed by atoms with Gasteiger partial charge in [0.2, 0.25) is 0 Å². The van der Waals surface area contributed by atoms with E-state index < -0.39 is 11.3 Å². The standard InChI is InChI=1S/2C11H8O3.3C2H6/c2*1-7(12)9-6-8-4-2-3-5-10(8)14-11(9)13;3*1-2/h2*2-6H,1H3;3*1-2H3. The topological polar surface area (TPSA) is 94.6 Å². The number of Topliss-reactive ketones (excluding diaryl/α,β-unsaturated/α-hetero) is 2. The highest BCUT2D eigenvalue weighted by Crippen LogP contribution is 2.13. The van der Waals surface area contributed by atoms with Gasteiger partial charge in [-0.1, -0.05) is 77.9 Å². The zero-order chi connectivity index (χ0) is 26.3. The van der Waals surface area contributed by atoms with Crippen LogP contribution < -0.4 is 11.3 Å². The number of hydrogen-bond acceptors (Lipinski definition) is 6. The van der Waals surface area contributed by atoms with E-state index in [2.05, 4.69) is 0 Å². The van der Waals surface area contributed by atoms with Crippen LogP contribution in [0.2, 0.25) is 0 Å². The van der Waals surface area contributed by atoms with Crippen LogP contribution in [-0.2, 0) is 0 Å². The molecular weight excluding hydrogens is 432 g/mol. The van der Waals surface area contributed by atoms with E-state index in [1.807, 2.05) is 53.7 Å². The summed E-state index contributed by atoms with van der Waals surface area (Å²) in [4.78, 5) is 44.7. The Labute approximate surface area is 200 Å². The Bertz CT molecular complexity index is 1210. The molecule has 0 radical (unpaired) electrons. The summed E-state index contributed by atoms with van der Waals surface area (Å²) in [5.74, 6) is -0.547. The Morgan fingerprint density at radius 3 is 1.15 bits per heavy atom. The summed E-state index contributed by atoms with van der Waals surface area (Å²) in [7, 11) is 0. The maximum absolute atomic E-state index is 11.3. The number of benzene rings is 2. The predicted molar refractivity (Wildman–Crippen MR) is 139 cm³/mol. The van der Waals surface area contributed by atoms with E-state index in [0.29, 0.717) is 11.2 Å². The summed E-state index contributed by atoms with van der Waals surface area (Å²) in [6.07, 6.45) is 0. The molecule has 2 aromatic carbocycles. The van der Waals surface area contributed by atoms with Crippen LogP contribution in [0.3, 0.4) is 0 Å². The van der Waals surface area contributed by atoms with E-state index in [4.69, 9.17) is 8.83 Å². The van der Waals surface area contributed by atoms with E-state index in [1.165, 1.54) is 13.8 Å². The molecule has 0 saturated heterocycles. The summed E-state index contributed by atoms with van der Waals surface area (Å²) >= 11 is 0. The Morgan fingerprint density at radius 2 is 0.853 bits per heavy atom. The van der Waals surface area contributed by atoms with Gasteiger partial charge in [0.05, 0.1) is 0 Å². The first-order valence-corrected chi connectivity index (χ1v) is 11.4. The highest BCUT2D eigenvalue weighted by molar-refractivity contribution is 5.97. The van der Waals surface area contributed by atoms with Crippen LogP contribution >= 0.6 is 0 Å². The molecule has 0 atom stereocenters. The van der Waals surface area contributed by atoms with Crippen molar-refractivity contribution in [2.45, 2.75) is 55.4 Å². The molecule has 2 heterocycles. The molecular formula is C28H34O6. The summed E-state index contributed by atoms with van der Waals surface area (Å²) in [5, 5.41) is 1.52. The molecule has 6 heteroatoms. The van der Waals surface area contributed by atoms with Gasteiger partial charge in [0, 0.05) is 10.8 Å². The van der Waals surface area contributed by atoms with Crippen molar-refractivity contribution in [1.82, 2.24) is 0 Å². The van der Waals surface area contributed by atoms with Crippen molar-refractivity contribution in [2.24, 2.45) is 0 Å². The molecule has 0 aliphatic rings. The van der Waals surface area contributed by atoms with Gasteiger partial charge in [-0.2, -0.15) is 0 Å². The van der Waals surface area contributed by atoms with Crippen LogP contribution in [0.15, 0.2) is 79.1 Å². The molecule has 0 bridgehead atoms. The van der Waals surface area contributed by atoms with Gasteiger partial charge in [0.15, 0.2) is 11.6 Å². The molecule has 0 spiro atoms. The van der Waals surface area contributed by atoms with E-state index in [0.717, 1.165) is 10.8 Å². The molecule has 4 aromatic rings. The van der Waals surface area contributed by atoms with Crippen LogP contribution in [0.25, 0.3) is 21.9 Å². The lowest BCUT2D eigenvalue weighted by Gasteiger charge is -1.97. The lowest BCUT2D eigenvalue weighted by molar-refractivity contribution is 0.100. The van der Waals surface area contributed by atoms with Crippen molar-refractivity contribution in [3.8, 4) is 0 Å². The van der Waals surface area contributed by atoms with Crippen molar-refractivity contribution in [3.05, 3.63) is 92.6 Å². The maximum atomic E-state index is 11.3. The molecule has 0 N–H and O–H groups in total. The third-order valence-corrected chi connectivity index (χ3v) is 4.04. The zero-order valence-electron chi connectivity index (χ0n) is 21.2. The first-order valence-electron chi connectivity index (χ1n) is 11.4. The highest BCUT2D eigenvalue weighted by atomic mass is 16.4. The van der Waals surface area contributed by atoms with Gasteiger partial charge in [0.25, 0.3) is 0 Å². The molecule has 182 valence electrons. The van der Waals surface area contributed by atoms with Gasteiger partial charge in [-0.25, -0.2) is 9.59 Å². The van der Waals surface area contributed by atoms with Crippen molar-refractivity contribution < 1.29 is 18.4 Å².